The Labute approximate surface area is 252 Å². The number of benzene rings is 3. The zero-order chi connectivity index (χ0) is 30.4. The van der Waals surface area contributed by atoms with Gasteiger partial charge in [-0.3, -0.25) is 29.5 Å². The van der Waals surface area contributed by atoms with Crippen LogP contribution in [0.1, 0.15) is 36.4 Å². The SMILES string of the molecule is O=C1C2N=NN(CC(=O)N3N=C4/C(=C/c5ccccc5)CCCC4C3c3ccccc3)C2C(=O)N1c1ccc([N+](=O)[O-])cc1. The molecule has 3 amide bonds. The van der Waals surface area contributed by atoms with E-state index in [1.807, 2.05) is 60.7 Å². The molecule has 3 aliphatic heterocycles. The molecule has 2 fully saturated rings. The number of nitrogens with zero attached hydrogens (tertiary/aromatic N) is 7. The number of anilines is 1. The number of carbonyl (C=O) groups excluding carboxylic acids is 3. The second-order valence-electron chi connectivity index (χ2n) is 11.1. The summed E-state index contributed by atoms with van der Waals surface area (Å²) in [4.78, 5) is 52.1. The fraction of sp³-hybridized carbons (Fsp3) is 0.250. The topological polar surface area (TPSA) is 141 Å². The molecule has 220 valence electrons. The molecule has 4 aliphatic rings. The third kappa shape index (κ3) is 4.64. The van der Waals surface area contributed by atoms with Gasteiger partial charge in [0, 0.05) is 18.1 Å². The number of allylic oxidation sites excluding steroid dienone is 1. The van der Waals surface area contributed by atoms with E-state index in [-0.39, 0.29) is 35.8 Å². The lowest BCUT2D eigenvalue weighted by molar-refractivity contribution is -0.384. The Bertz CT molecular complexity index is 1740. The average Bonchev–Trinajstić information content (AvgIpc) is 3.71. The molecule has 3 aromatic rings. The number of amides is 3. The first-order valence-electron chi connectivity index (χ1n) is 14.4. The number of hydrazone groups is 1. The first-order valence-corrected chi connectivity index (χ1v) is 14.4. The van der Waals surface area contributed by atoms with Crippen molar-refractivity contribution in [1.82, 2.24) is 10.0 Å². The zero-order valence-electron chi connectivity index (χ0n) is 23.5. The number of carbonyl (C=O) groups is 3. The molecule has 1 saturated heterocycles. The van der Waals surface area contributed by atoms with E-state index >= 15 is 0 Å². The van der Waals surface area contributed by atoms with Crippen molar-refractivity contribution >= 4 is 40.9 Å². The number of hydrogen-bond acceptors (Lipinski definition) is 9. The fourth-order valence-electron chi connectivity index (χ4n) is 6.48. The van der Waals surface area contributed by atoms with E-state index in [1.165, 1.54) is 34.3 Å². The first-order chi connectivity index (χ1) is 21.4. The normalized spacial score (nSPS) is 25.0. The lowest BCUT2D eigenvalue weighted by atomic mass is 9.77. The zero-order valence-corrected chi connectivity index (χ0v) is 23.5. The lowest BCUT2D eigenvalue weighted by Crippen LogP contribution is -2.45. The van der Waals surface area contributed by atoms with E-state index in [4.69, 9.17) is 5.10 Å². The fourth-order valence-corrected chi connectivity index (χ4v) is 6.48. The summed E-state index contributed by atoms with van der Waals surface area (Å²) in [6.07, 6.45) is 4.83. The molecule has 0 bridgehead atoms. The van der Waals surface area contributed by atoms with Crippen LogP contribution in [0.15, 0.2) is 106 Å². The molecule has 0 spiro atoms. The first kappa shape index (κ1) is 27.3. The summed E-state index contributed by atoms with van der Waals surface area (Å²) in [7, 11) is 0. The van der Waals surface area contributed by atoms with Gasteiger partial charge in [0.05, 0.1) is 22.4 Å². The number of fused-ring (bicyclic) bond motifs is 2. The van der Waals surface area contributed by atoms with Crippen molar-refractivity contribution in [2.75, 3.05) is 11.4 Å². The minimum Gasteiger partial charge on any atom is -0.271 e. The van der Waals surface area contributed by atoms with Crippen molar-refractivity contribution in [3.8, 4) is 0 Å². The van der Waals surface area contributed by atoms with Crippen molar-refractivity contribution < 1.29 is 19.3 Å². The van der Waals surface area contributed by atoms with Crippen LogP contribution in [0.5, 0.6) is 0 Å². The number of hydrogen-bond donors (Lipinski definition) is 0. The monoisotopic (exact) mass is 589 g/mol. The predicted octanol–water partition coefficient (Wildman–Crippen LogP) is 4.71. The molecule has 0 N–H and O–H groups in total. The van der Waals surface area contributed by atoms with Gasteiger partial charge in [-0.05, 0) is 54.2 Å². The van der Waals surface area contributed by atoms with Gasteiger partial charge in [-0.15, -0.1) is 0 Å². The number of rotatable bonds is 6. The number of nitro groups is 1. The highest BCUT2D eigenvalue weighted by molar-refractivity contribution is 6.25. The van der Waals surface area contributed by atoms with Crippen LogP contribution in [0.2, 0.25) is 0 Å². The van der Waals surface area contributed by atoms with Gasteiger partial charge in [-0.25, -0.2) is 9.91 Å². The molecule has 12 nitrogen and oxygen atoms in total. The number of nitro benzene ring substituents is 1. The summed E-state index contributed by atoms with van der Waals surface area (Å²) >= 11 is 0. The van der Waals surface area contributed by atoms with Gasteiger partial charge in [0.2, 0.25) is 0 Å². The van der Waals surface area contributed by atoms with Crippen LogP contribution in [-0.2, 0) is 14.4 Å². The Morgan fingerprint density at radius 2 is 1.64 bits per heavy atom. The van der Waals surface area contributed by atoms with E-state index in [9.17, 15) is 24.5 Å². The molecular formula is C32H27N7O5. The highest BCUT2D eigenvalue weighted by atomic mass is 16.6. The van der Waals surface area contributed by atoms with Crippen LogP contribution in [0.4, 0.5) is 11.4 Å². The maximum absolute atomic E-state index is 14.0. The Balaban J connectivity index is 1.16. The summed E-state index contributed by atoms with van der Waals surface area (Å²) < 4.78 is 0. The van der Waals surface area contributed by atoms with E-state index < -0.39 is 28.8 Å². The second-order valence-corrected chi connectivity index (χ2v) is 11.1. The molecule has 1 aliphatic carbocycles. The van der Waals surface area contributed by atoms with Crippen LogP contribution in [0.25, 0.3) is 6.08 Å². The lowest BCUT2D eigenvalue weighted by Gasteiger charge is -2.30. The van der Waals surface area contributed by atoms with Crippen molar-refractivity contribution in [1.29, 1.82) is 0 Å². The molecule has 0 aromatic heterocycles. The quantitative estimate of drug-likeness (QED) is 0.232. The van der Waals surface area contributed by atoms with Crippen LogP contribution >= 0.6 is 0 Å². The van der Waals surface area contributed by atoms with E-state index in [0.717, 1.165) is 46.6 Å². The summed E-state index contributed by atoms with van der Waals surface area (Å²) in [5.74, 6) is -1.56. The van der Waals surface area contributed by atoms with Gasteiger partial charge in [-0.2, -0.15) is 10.2 Å². The van der Waals surface area contributed by atoms with Gasteiger partial charge in [0.15, 0.2) is 12.1 Å². The van der Waals surface area contributed by atoms with Gasteiger partial charge < -0.3 is 0 Å². The molecule has 12 heteroatoms. The average molecular weight is 590 g/mol. The Hall–Kier alpha value is -5.52. The van der Waals surface area contributed by atoms with E-state index in [1.54, 1.807) is 0 Å². The Morgan fingerprint density at radius 3 is 2.34 bits per heavy atom. The van der Waals surface area contributed by atoms with Gasteiger partial charge >= 0.3 is 0 Å². The molecule has 1 saturated carbocycles. The molecule has 3 heterocycles. The smallest absolute Gasteiger partial charge is 0.269 e. The molecule has 0 radical (unpaired) electrons. The van der Waals surface area contributed by atoms with Gasteiger partial charge in [-0.1, -0.05) is 65.9 Å². The van der Waals surface area contributed by atoms with Crippen LogP contribution in [0.3, 0.4) is 0 Å². The predicted molar refractivity (Wildman–Crippen MR) is 160 cm³/mol. The Kier molecular flexibility index (Phi) is 6.80. The van der Waals surface area contributed by atoms with Crippen molar-refractivity contribution in [2.45, 2.75) is 37.4 Å². The van der Waals surface area contributed by atoms with Crippen LogP contribution < -0.4 is 4.90 Å². The standard InChI is InChI=1S/C32H27N7O5/c40-26(19-36-30-28(33-35-36)31(41)37(32(30)42)23-14-16-24(17-15-23)39(43)44)38-29(21-10-5-2-6-11-21)25-13-7-12-22(27(25)34-38)18-20-8-3-1-4-9-20/h1-6,8-11,14-18,25,28-30H,7,12-13,19H2/b22-18+. The molecule has 3 aromatic carbocycles. The highest BCUT2D eigenvalue weighted by Gasteiger charge is 2.55. The highest BCUT2D eigenvalue weighted by Crippen LogP contribution is 2.44. The van der Waals surface area contributed by atoms with Gasteiger partial charge in [0.25, 0.3) is 23.4 Å². The maximum atomic E-state index is 14.0. The number of non-ortho nitro benzene ring substituents is 1. The minimum atomic E-state index is -1.11. The summed E-state index contributed by atoms with van der Waals surface area (Å²) in [6.45, 7) is -0.303. The Morgan fingerprint density at radius 1 is 0.932 bits per heavy atom. The summed E-state index contributed by atoms with van der Waals surface area (Å²) in [5, 5.41) is 26.8. The molecular weight excluding hydrogens is 562 g/mol. The second kappa shape index (κ2) is 11.0. The molecule has 4 atom stereocenters. The van der Waals surface area contributed by atoms with E-state index in [0.29, 0.717) is 0 Å². The maximum Gasteiger partial charge on any atom is 0.269 e. The van der Waals surface area contributed by atoms with Crippen molar-refractivity contribution in [2.24, 2.45) is 21.4 Å². The van der Waals surface area contributed by atoms with Crippen molar-refractivity contribution in [3.05, 3.63) is 112 Å². The molecule has 44 heavy (non-hydrogen) atoms. The third-order valence-electron chi connectivity index (χ3n) is 8.51. The third-order valence-corrected chi connectivity index (χ3v) is 8.51. The summed E-state index contributed by atoms with van der Waals surface area (Å²) in [6, 6.07) is 22.4. The minimum absolute atomic E-state index is 0.00494. The van der Waals surface area contributed by atoms with Crippen LogP contribution in [-0.4, -0.2) is 57.0 Å². The molecule has 7 rings (SSSR count). The number of imide groups is 1. The van der Waals surface area contributed by atoms with E-state index in [2.05, 4.69) is 16.4 Å². The van der Waals surface area contributed by atoms with Gasteiger partial charge in [0.1, 0.15) is 6.54 Å². The van der Waals surface area contributed by atoms with Crippen LogP contribution in [0, 0.1) is 16.0 Å². The largest absolute Gasteiger partial charge is 0.271 e. The van der Waals surface area contributed by atoms with Crippen molar-refractivity contribution in [3.63, 3.8) is 0 Å². The molecule has 4 unspecified atom stereocenters. The summed E-state index contributed by atoms with van der Waals surface area (Å²) in [5.41, 5.74) is 4.04.